The molecular formula is C18H17N3O2. The van der Waals surface area contributed by atoms with Gasteiger partial charge in [0.25, 0.3) is 0 Å². The summed E-state index contributed by atoms with van der Waals surface area (Å²) < 4.78 is 0. The quantitative estimate of drug-likeness (QED) is 0.692. The molecule has 3 N–H and O–H groups in total. The summed E-state index contributed by atoms with van der Waals surface area (Å²) in [5, 5.41) is 6.63. The van der Waals surface area contributed by atoms with Crippen molar-refractivity contribution < 1.29 is 9.59 Å². The van der Waals surface area contributed by atoms with Crippen LogP contribution in [0, 0.1) is 0 Å². The zero-order valence-electron chi connectivity index (χ0n) is 12.7. The zero-order chi connectivity index (χ0) is 16.2. The lowest BCUT2D eigenvalue weighted by Crippen LogP contribution is -2.14. The predicted molar refractivity (Wildman–Crippen MR) is 91.4 cm³/mol. The van der Waals surface area contributed by atoms with Gasteiger partial charge >= 0.3 is 0 Å². The number of benzene rings is 2. The average Bonchev–Trinajstić information content (AvgIpc) is 2.96. The molecule has 0 saturated carbocycles. The lowest BCUT2D eigenvalue weighted by Gasteiger charge is -2.07. The van der Waals surface area contributed by atoms with Gasteiger partial charge < -0.3 is 15.6 Å². The molecule has 2 amide bonds. The first kappa shape index (κ1) is 14.8. The molecule has 116 valence electrons. The van der Waals surface area contributed by atoms with Crippen molar-refractivity contribution in [3.8, 4) is 0 Å². The van der Waals surface area contributed by atoms with Gasteiger partial charge in [-0.15, -0.1) is 0 Å². The van der Waals surface area contributed by atoms with Crippen molar-refractivity contribution in [3.63, 3.8) is 0 Å². The third-order valence-electron chi connectivity index (χ3n) is 3.47. The molecule has 1 heterocycles. The number of rotatable bonds is 4. The Morgan fingerprint density at radius 2 is 1.65 bits per heavy atom. The van der Waals surface area contributed by atoms with Gasteiger partial charge in [0.05, 0.1) is 6.42 Å². The topological polar surface area (TPSA) is 74.0 Å². The van der Waals surface area contributed by atoms with Gasteiger partial charge in [-0.25, -0.2) is 0 Å². The molecule has 0 unspecified atom stereocenters. The molecule has 0 spiro atoms. The molecule has 0 saturated heterocycles. The lowest BCUT2D eigenvalue weighted by molar-refractivity contribution is -0.116. The molecule has 3 rings (SSSR count). The normalized spacial score (nSPS) is 10.5. The van der Waals surface area contributed by atoms with Crippen molar-refractivity contribution in [2.45, 2.75) is 13.3 Å². The van der Waals surface area contributed by atoms with E-state index in [1.165, 1.54) is 6.92 Å². The van der Waals surface area contributed by atoms with Gasteiger partial charge in [-0.3, -0.25) is 9.59 Å². The lowest BCUT2D eigenvalue weighted by atomic mass is 10.1. The SMILES string of the molecule is CC(=O)Nc1ccc(NC(=O)Cc2ccc3[nH]ccc3c2)cc1. The minimum atomic E-state index is -0.123. The Kier molecular flexibility index (Phi) is 4.10. The molecule has 3 aromatic rings. The van der Waals surface area contributed by atoms with Gasteiger partial charge in [-0.2, -0.15) is 0 Å². The summed E-state index contributed by atoms with van der Waals surface area (Å²) in [5.41, 5.74) is 3.42. The first-order valence-electron chi connectivity index (χ1n) is 7.34. The molecular weight excluding hydrogens is 290 g/mol. The molecule has 1 aromatic heterocycles. The monoisotopic (exact) mass is 307 g/mol. The highest BCUT2D eigenvalue weighted by Gasteiger charge is 2.06. The highest BCUT2D eigenvalue weighted by molar-refractivity contribution is 5.94. The van der Waals surface area contributed by atoms with Crippen molar-refractivity contribution in [2.75, 3.05) is 10.6 Å². The van der Waals surface area contributed by atoms with Gasteiger partial charge in [0.1, 0.15) is 0 Å². The summed E-state index contributed by atoms with van der Waals surface area (Å²) in [6.45, 7) is 1.46. The number of carbonyl (C=O) groups is 2. The fourth-order valence-electron chi connectivity index (χ4n) is 2.44. The van der Waals surface area contributed by atoms with Crippen LogP contribution in [0.3, 0.4) is 0 Å². The van der Waals surface area contributed by atoms with Gasteiger partial charge in [0.15, 0.2) is 0 Å². The third-order valence-corrected chi connectivity index (χ3v) is 3.47. The zero-order valence-corrected chi connectivity index (χ0v) is 12.7. The maximum atomic E-state index is 12.1. The summed E-state index contributed by atoms with van der Waals surface area (Å²) in [6, 6.07) is 14.9. The summed E-state index contributed by atoms with van der Waals surface area (Å²) in [6.07, 6.45) is 2.19. The third kappa shape index (κ3) is 3.77. The Balaban J connectivity index is 1.63. The Morgan fingerprint density at radius 3 is 2.35 bits per heavy atom. The molecule has 5 nitrogen and oxygen atoms in total. The maximum absolute atomic E-state index is 12.1. The molecule has 2 aromatic carbocycles. The smallest absolute Gasteiger partial charge is 0.228 e. The van der Waals surface area contributed by atoms with Crippen molar-refractivity contribution in [1.82, 2.24) is 4.98 Å². The van der Waals surface area contributed by atoms with Crippen molar-refractivity contribution in [3.05, 3.63) is 60.3 Å². The highest BCUT2D eigenvalue weighted by atomic mass is 16.2. The van der Waals surface area contributed by atoms with E-state index in [1.54, 1.807) is 24.3 Å². The summed E-state index contributed by atoms with van der Waals surface area (Å²) >= 11 is 0. The number of hydrogen-bond acceptors (Lipinski definition) is 2. The van der Waals surface area contributed by atoms with E-state index in [9.17, 15) is 9.59 Å². The fraction of sp³-hybridized carbons (Fsp3) is 0.111. The second-order valence-electron chi connectivity index (χ2n) is 5.38. The number of aromatic amines is 1. The van der Waals surface area contributed by atoms with Crippen molar-refractivity contribution >= 4 is 34.1 Å². The van der Waals surface area contributed by atoms with Gasteiger partial charge in [-0.05, 0) is 53.4 Å². The average molecular weight is 307 g/mol. The van der Waals surface area contributed by atoms with E-state index >= 15 is 0 Å². The second kappa shape index (κ2) is 6.36. The van der Waals surface area contributed by atoms with E-state index in [4.69, 9.17) is 0 Å². The standard InChI is InChI=1S/C18H17N3O2/c1-12(22)20-15-3-5-16(6-4-15)21-18(23)11-13-2-7-17-14(10-13)8-9-19-17/h2-10,19H,11H2,1H3,(H,20,22)(H,21,23). The van der Waals surface area contributed by atoms with E-state index in [0.717, 1.165) is 16.5 Å². The highest BCUT2D eigenvalue weighted by Crippen LogP contribution is 2.16. The number of H-pyrrole nitrogens is 1. The first-order chi connectivity index (χ1) is 11.1. The second-order valence-corrected chi connectivity index (χ2v) is 5.38. The maximum Gasteiger partial charge on any atom is 0.228 e. The molecule has 5 heteroatoms. The Hall–Kier alpha value is -3.08. The van der Waals surface area contributed by atoms with Crippen LogP contribution in [0.2, 0.25) is 0 Å². The van der Waals surface area contributed by atoms with Crippen LogP contribution >= 0.6 is 0 Å². The van der Waals surface area contributed by atoms with Gasteiger partial charge in [-0.1, -0.05) is 6.07 Å². The minimum absolute atomic E-state index is 0.0767. The summed E-state index contributed by atoms with van der Waals surface area (Å²) in [4.78, 5) is 26.2. The van der Waals surface area contributed by atoms with Crippen LogP contribution in [-0.2, 0) is 16.0 Å². The molecule has 0 aliphatic carbocycles. The van der Waals surface area contributed by atoms with Crippen LogP contribution in [0.25, 0.3) is 10.9 Å². The number of nitrogens with one attached hydrogen (secondary N) is 3. The van der Waals surface area contributed by atoms with E-state index in [-0.39, 0.29) is 11.8 Å². The fourth-order valence-corrected chi connectivity index (χ4v) is 2.44. The van der Waals surface area contributed by atoms with Crippen molar-refractivity contribution in [1.29, 1.82) is 0 Å². The van der Waals surface area contributed by atoms with E-state index in [2.05, 4.69) is 15.6 Å². The number of hydrogen-bond donors (Lipinski definition) is 3. The number of amides is 2. The van der Waals surface area contributed by atoms with Crippen LogP contribution in [0.5, 0.6) is 0 Å². The number of fused-ring (bicyclic) bond motifs is 1. The van der Waals surface area contributed by atoms with Crippen LogP contribution in [0.4, 0.5) is 11.4 Å². The molecule has 0 bridgehead atoms. The van der Waals surface area contributed by atoms with Crippen LogP contribution < -0.4 is 10.6 Å². The molecule has 23 heavy (non-hydrogen) atoms. The molecule has 0 atom stereocenters. The van der Waals surface area contributed by atoms with E-state index in [0.29, 0.717) is 17.8 Å². The van der Waals surface area contributed by atoms with Gasteiger partial charge in [0.2, 0.25) is 11.8 Å². The Labute approximate surface area is 133 Å². The largest absolute Gasteiger partial charge is 0.361 e. The van der Waals surface area contributed by atoms with Gasteiger partial charge in [0, 0.05) is 30.0 Å². The molecule has 0 aliphatic heterocycles. The van der Waals surface area contributed by atoms with Crippen molar-refractivity contribution in [2.24, 2.45) is 0 Å². The Bertz CT molecular complexity index is 850. The number of anilines is 2. The molecule has 0 radical (unpaired) electrons. The van der Waals surface area contributed by atoms with Crippen LogP contribution in [0.15, 0.2) is 54.7 Å². The summed E-state index contributed by atoms with van der Waals surface area (Å²) in [7, 11) is 0. The summed E-state index contributed by atoms with van der Waals surface area (Å²) in [5.74, 6) is -0.200. The van der Waals surface area contributed by atoms with Crippen LogP contribution in [0.1, 0.15) is 12.5 Å². The molecule has 0 aliphatic rings. The van der Waals surface area contributed by atoms with Crippen LogP contribution in [-0.4, -0.2) is 16.8 Å². The number of carbonyl (C=O) groups excluding carboxylic acids is 2. The Morgan fingerprint density at radius 1 is 0.957 bits per heavy atom. The van der Waals surface area contributed by atoms with E-state index in [1.807, 2.05) is 30.5 Å². The van der Waals surface area contributed by atoms with E-state index < -0.39 is 0 Å². The predicted octanol–water partition coefficient (Wildman–Crippen LogP) is 3.31. The molecule has 0 fully saturated rings. The minimum Gasteiger partial charge on any atom is -0.361 e. The number of aromatic nitrogens is 1. The first-order valence-corrected chi connectivity index (χ1v) is 7.34.